The van der Waals surface area contributed by atoms with E-state index in [-0.39, 0.29) is 17.8 Å². The number of carbonyl (C=O) groups is 1. The number of benzene rings is 1. The van der Waals surface area contributed by atoms with Crippen LogP contribution in [0.25, 0.3) is 6.08 Å². The highest BCUT2D eigenvalue weighted by atomic mass is 16.5. The summed E-state index contributed by atoms with van der Waals surface area (Å²) in [6.45, 7) is 11.3. The second-order valence-corrected chi connectivity index (χ2v) is 6.85. The molecule has 142 valence electrons. The van der Waals surface area contributed by atoms with Crippen molar-refractivity contribution in [3.8, 4) is 17.6 Å². The van der Waals surface area contributed by atoms with Crippen molar-refractivity contribution in [3.63, 3.8) is 0 Å². The molecule has 27 heavy (non-hydrogen) atoms. The lowest BCUT2D eigenvalue weighted by Gasteiger charge is -2.16. The largest absolute Gasteiger partial charge is 0.491 e. The van der Waals surface area contributed by atoms with Crippen molar-refractivity contribution in [3.05, 3.63) is 46.8 Å². The van der Waals surface area contributed by atoms with Gasteiger partial charge in [0.05, 0.1) is 17.9 Å². The van der Waals surface area contributed by atoms with Crippen molar-refractivity contribution in [2.24, 2.45) is 0 Å². The molecule has 1 heterocycles. The SMILES string of the molecule is Cc1cc(C)n(C(=O)/C(C#N)=C/c2ccc(OC(C)C)cc2OC(C)C)n1. The summed E-state index contributed by atoms with van der Waals surface area (Å²) in [5, 5.41) is 13.7. The second-order valence-electron chi connectivity index (χ2n) is 6.85. The van der Waals surface area contributed by atoms with Gasteiger partial charge in [-0.1, -0.05) is 0 Å². The topological polar surface area (TPSA) is 77.1 Å². The fourth-order valence-corrected chi connectivity index (χ4v) is 2.58. The molecule has 6 nitrogen and oxygen atoms in total. The molecule has 0 bridgehead atoms. The molecular weight excluding hydrogens is 342 g/mol. The number of allylic oxidation sites excluding steroid dienone is 1. The first-order valence-electron chi connectivity index (χ1n) is 8.88. The van der Waals surface area contributed by atoms with Gasteiger partial charge in [-0.05, 0) is 65.8 Å². The van der Waals surface area contributed by atoms with Crippen LogP contribution in [0.5, 0.6) is 11.5 Å². The first kappa shape index (κ1) is 20.2. The summed E-state index contributed by atoms with van der Waals surface area (Å²) in [6.07, 6.45) is 1.49. The molecule has 0 unspecified atom stereocenters. The van der Waals surface area contributed by atoms with Gasteiger partial charge < -0.3 is 9.47 Å². The van der Waals surface area contributed by atoms with Crippen LogP contribution < -0.4 is 9.47 Å². The molecule has 6 heteroatoms. The molecule has 0 radical (unpaired) electrons. The van der Waals surface area contributed by atoms with Gasteiger partial charge in [0.15, 0.2) is 0 Å². The Hall–Kier alpha value is -3.07. The third-order valence-electron chi connectivity index (χ3n) is 3.57. The molecule has 0 atom stereocenters. The van der Waals surface area contributed by atoms with Crippen molar-refractivity contribution < 1.29 is 14.3 Å². The van der Waals surface area contributed by atoms with Gasteiger partial charge in [0.25, 0.3) is 5.91 Å². The summed E-state index contributed by atoms with van der Waals surface area (Å²) in [7, 11) is 0. The Morgan fingerprint density at radius 3 is 2.33 bits per heavy atom. The van der Waals surface area contributed by atoms with Crippen LogP contribution in [-0.2, 0) is 0 Å². The quantitative estimate of drug-likeness (QED) is 0.561. The minimum Gasteiger partial charge on any atom is -0.491 e. The minimum absolute atomic E-state index is 0.0210. The third-order valence-corrected chi connectivity index (χ3v) is 3.57. The monoisotopic (exact) mass is 367 g/mol. The average Bonchev–Trinajstić information content (AvgIpc) is 2.91. The molecule has 0 fully saturated rings. The lowest BCUT2D eigenvalue weighted by molar-refractivity contribution is 0.0943. The first-order valence-corrected chi connectivity index (χ1v) is 8.88. The maximum absolute atomic E-state index is 12.7. The highest BCUT2D eigenvalue weighted by Gasteiger charge is 2.17. The summed E-state index contributed by atoms with van der Waals surface area (Å²) in [5.41, 5.74) is 2.01. The van der Waals surface area contributed by atoms with E-state index in [2.05, 4.69) is 5.10 Å². The van der Waals surface area contributed by atoms with Crippen LogP contribution in [0.15, 0.2) is 29.8 Å². The zero-order valence-electron chi connectivity index (χ0n) is 16.6. The standard InChI is InChI=1S/C21H25N3O3/c1-13(2)26-19-8-7-17(20(11-19)27-14(3)4)10-18(12-22)21(25)24-16(6)9-15(5)23-24/h7-11,13-14H,1-6H3/b18-10+. The van der Waals surface area contributed by atoms with Gasteiger partial charge in [0.2, 0.25) is 0 Å². The Morgan fingerprint density at radius 1 is 1.15 bits per heavy atom. The van der Waals surface area contributed by atoms with E-state index < -0.39 is 5.91 Å². The molecule has 0 aliphatic heterocycles. The number of ether oxygens (including phenoxy) is 2. The summed E-state index contributed by atoms with van der Waals surface area (Å²) < 4.78 is 12.8. The van der Waals surface area contributed by atoms with Crippen molar-refractivity contribution in [1.29, 1.82) is 5.26 Å². The van der Waals surface area contributed by atoms with Crippen LogP contribution in [0.3, 0.4) is 0 Å². The smallest absolute Gasteiger partial charge is 0.289 e. The molecule has 1 aromatic carbocycles. The van der Waals surface area contributed by atoms with E-state index in [0.29, 0.717) is 22.8 Å². The Balaban J connectivity index is 2.46. The number of nitriles is 1. The lowest BCUT2D eigenvalue weighted by Crippen LogP contribution is -2.16. The Morgan fingerprint density at radius 2 is 1.81 bits per heavy atom. The van der Waals surface area contributed by atoms with E-state index in [1.165, 1.54) is 10.8 Å². The predicted molar refractivity (Wildman–Crippen MR) is 104 cm³/mol. The Labute approximate surface area is 160 Å². The maximum Gasteiger partial charge on any atom is 0.289 e. The summed E-state index contributed by atoms with van der Waals surface area (Å²) in [6, 6.07) is 9.11. The highest BCUT2D eigenvalue weighted by Crippen LogP contribution is 2.29. The van der Waals surface area contributed by atoms with E-state index in [1.54, 1.807) is 38.1 Å². The van der Waals surface area contributed by atoms with Crippen LogP contribution in [0.4, 0.5) is 0 Å². The molecule has 2 aromatic rings. The molecule has 2 rings (SSSR count). The summed E-state index contributed by atoms with van der Waals surface area (Å²) >= 11 is 0. The Kier molecular flexibility index (Phi) is 6.40. The Bertz CT molecular complexity index is 902. The zero-order valence-corrected chi connectivity index (χ0v) is 16.6. The van der Waals surface area contributed by atoms with Crippen molar-refractivity contribution >= 4 is 12.0 Å². The fraction of sp³-hybridized carbons (Fsp3) is 0.381. The number of rotatable bonds is 6. The van der Waals surface area contributed by atoms with Crippen molar-refractivity contribution in [2.45, 2.75) is 53.8 Å². The molecule has 0 N–H and O–H groups in total. The first-order chi connectivity index (χ1) is 12.7. The number of hydrogen-bond acceptors (Lipinski definition) is 5. The lowest BCUT2D eigenvalue weighted by atomic mass is 10.1. The van der Waals surface area contributed by atoms with Gasteiger partial charge in [-0.3, -0.25) is 4.79 Å². The van der Waals surface area contributed by atoms with Crippen LogP contribution in [0.2, 0.25) is 0 Å². The molecule has 0 saturated heterocycles. The van der Waals surface area contributed by atoms with Gasteiger partial charge in [-0.15, -0.1) is 0 Å². The summed E-state index contributed by atoms with van der Waals surface area (Å²) in [5.74, 6) is 0.749. The van der Waals surface area contributed by atoms with Gasteiger partial charge in [-0.2, -0.15) is 10.4 Å². The zero-order chi connectivity index (χ0) is 20.1. The number of aryl methyl sites for hydroxylation is 2. The van der Waals surface area contributed by atoms with E-state index in [1.807, 2.05) is 33.8 Å². The van der Waals surface area contributed by atoms with Crippen LogP contribution in [-0.4, -0.2) is 27.9 Å². The van der Waals surface area contributed by atoms with Gasteiger partial charge in [0.1, 0.15) is 23.1 Å². The number of aromatic nitrogens is 2. The number of carbonyl (C=O) groups excluding carboxylic acids is 1. The fourth-order valence-electron chi connectivity index (χ4n) is 2.58. The number of hydrogen-bond donors (Lipinski definition) is 0. The normalized spacial score (nSPS) is 11.6. The van der Waals surface area contributed by atoms with Gasteiger partial charge in [0, 0.05) is 17.3 Å². The highest BCUT2D eigenvalue weighted by molar-refractivity contribution is 6.03. The van der Waals surface area contributed by atoms with Crippen molar-refractivity contribution in [1.82, 2.24) is 9.78 Å². The minimum atomic E-state index is -0.471. The predicted octanol–water partition coefficient (Wildman–Crippen LogP) is 4.32. The van der Waals surface area contributed by atoms with Crippen molar-refractivity contribution in [2.75, 3.05) is 0 Å². The third kappa shape index (κ3) is 5.20. The molecule has 0 aliphatic rings. The molecule has 0 saturated carbocycles. The summed E-state index contributed by atoms with van der Waals surface area (Å²) in [4.78, 5) is 12.7. The molecule has 0 aliphatic carbocycles. The molecule has 0 amide bonds. The van der Waals surface area contributed by atoms with Gasteiger partial charge in [-0.25, -0.2) is 4.68 Å². The maximum atomic E-state index is 12.7. The molecule has 0 spiro atoms. The average molecular weight is 367 g/mol. The van der Waals surface area contributed by atoms with E-state index >= 15 is 0 Å². The van der Waals surface area contributed by atoms with Crippen LogP contribution in [0.1, 0.15) is 49.4 Å². The van der Waals surface area contributed by atoms with Crippen LogP contribution >= 0.6 is 0 Å². The molecular formula is C21H25N3O3. The molecule has 1 aromatic heterocycles. The van der Waals surface area contributed by atoms with E-state index in [4.69, 9.17) is 9.47 Å². The second kappa shape index (κ2) is 8.54. The number of nitrogens with zero attached hydrogens (tertiary/aromatic N) is 3. The van der Waals surface area contributed by atoms with Gasteiger partial charge >= 0.3 is 0 Å². The van der Waals surface area contributed by atoms with Crippen LogP contribution in [0, 0.1) is 25.2 Å². The van der Waals surface area contributed by atoms with E-state index in [9.17, 15) is 10.1 Å². The van der Waals surface area contributed by atoms with E-state index in [0.717, 1.165) is 5.69 Å².